The number of anilines is 2. The number of rotatable bonds is 3. The highest BCUT2D eigenvalue weighted by molar-refractivity contribution is 5.68. The van der Waals surface area contributed by atoms with Gasteiger partial charge in [-0.05, 0) is 31.5 Å². The Hall–Kier alpha value is -1.29. The Morgan fingerprint density at radius 3 is 2.67 bits per heavy atom. The minimum absolute atomic E-state index is 0.304. The van der Waals surface area contributed by atoms with Crippen molar-refractivity contribution in [2.45, 2.75) is 20.0 Å². The van der Waals surface area contributed by atoms with Gasteiger partial charge >= 0.3 is 0 Å². The number of nitrogens with zero attached hydrogens (tertiary/aromatic N) is 1. The molecule has 1 aromatic carbocycles. The van der Waals surface area contributed by atoms with Crippen LogP contribution in [0, 0.1) is 12.7 Å². The molecule has 1 aromatic rings. The molecule has 0 amide bonds. The molecular formula is C11H17FN2O. The molecule has 84 valence electrons. The minimum atomic E-state index is -0.445. The van der Waals surface area contributed by atoms with E-state index in [1.54, 1.807) is 19.9 Å². The van der Waals surface area contributed by atoms with E-state index in [1.807, 2.05) is 11.9 Å². The number of benzene rings is 1. The van der Waals surface area contributed by atoms with E-state index < -0.39 is 6.10 Å². The van der Waals surface area contributed by atoms with Gasteiger partial charge in [-0.2, -0.15) is 0 Å². The quantitative estimate of drug-likeness (QED) is 0.747. The fraction of sp³-hybridized carbons (Fsp3) is 0.455. The van der Waals surface area contributed by atoms with Crippen molar-refractivity contribution in [3.05, 3.63) is 23.5 Å². The van der Waals surface area contributed by atoms with Gasteiger partial charge in [0.2, 0.25) is 0 Å². The number of aliphatic hydroxyl groups excluding tert-OH is 1. The lowest BCUT2D eigenvalue weighted by molar-refractivity contribution is 0.201. The monoisotopic (exact) mass is 212 g/mol. The highest BCUT2D eigenvalue weighted by Crippen LogP contribution is 2.25. The zero-order valence-corrected chi connectivity index (χ0v) is 9.29. The highest BCUT2D eigenvalue weighted by Gasteiger charge is 2.10. The van der Waals surface area contributed by atoms with Crippen LogP contribution in [-0.2, 0) is 0 Å². The number of nitrogens with two attached hydrogens (primary N) is 1. The summed E-state index contributed by atoms with van der Waals surface area (Å²) in [5.41, 5.74) is 7.39. The van der Waals surface area contributed by atoms with Crippen molar-refractivity contribution < 1.29 is 9.50 Å². The third-order valence-electron chi connectivity index (χ3n) is 2.26. The summed E-state index contributed by atoms with van der Waals surface area (Å²) in [6, 6.07) is 3.00. The number of nitrogen functional groups attached to an aromatic ring is 1. The molecule has 1 atom stereocenters. The summed E-state index contributed by atoms with van der Waals surface area (Å²) in [5, 5.41) is 9.24. The van der Waals surface area contributed by atoms with E-state index in [0.717, 1.165) is 5.69 Å². The third-order valence-corrected chi connectivity index (χ3v) is 2.26. The molecule has 3 nitrogen and oxygen atoms in total. The van der Waals surface area contributed by atoms with E-state index in [4.69, 9.17) is 5.73 Å². The van der Waals surface area contributed by atoms with Gasteiger partial charge in [0.15, 0.2) is 0 Å². The third kappa shape index (κ3) is 2.83. The topological polar surface area (TPSA) is 49.5 Å². The van der Waals surface area contributed by atoms with Gasteiger partial charge in [-0.3, -0.25) is 0 Å². The van der Waals surface area contributed by atoms with Gasteiger partial charge in [0.25, 0.3) is 0 Å². The summed E-state index contributed by atoms with van der Waals surface area (Å²) in [6.45, 7) is 3.85. The van der Waals surface area contributed by atoms with Gasteiger partial charge in [0.05, 0.1) is 17.5 Å². The van der Waals surface area contributed by atoms with E-state index in [-0.39, 0.29) is 5.82 Å². The molecule has 3 N–H and O–H groups in total. The minimum Gasteiger partial charge on any atom is -0.397 e. The van der Waals surface area contributed by atoms with E-state index in [9.17, 15) is 9.50 Å². The largest absolute Gasteiger partial charge is 0.397 e. The molecule has 0 radical (unpaired) electrons. The maximum atomic E-state index is 13.1. The van der Waals surface area contributed by atoms with Crippen molar-refractivity contribution in [3.8, 4) is 0 Å². The van der Waals surface area contributed by atoms with Crippen molar-refractivity contribution in [1.29, 1.82) is 0 Å². The molecule has 0 saturated heterocycles. The Balaban J connectivity index is 2.98. The SMILES string of the molecule is Cc1cc(N(C)CC(C)O)c(N)cc1F. The fourth-order valence-electron chi connectivity index (χ4n) is 1.51. The predicted molar refractivity (Wildman–Crippen MR) is 60.5 cm³/mol. The lowest BCUT2D eigenvalue weighted by atomic mass is 10.1. The van der Waals surface area contributed by atoms with Gasteiger partial charge in [0.1, 0.15) is 5.82 Å². The fourth-order valence-corrected chi connectivity index (χ4v) is 1.51. The van der Waals surface area contributed by atoms with Crippen LogP contribution in [0.25, 0.3) is 0 Å². The number of likely N-dealkylation sites (N-methyl/N-ethyl adjacent to an activating group) is 1. The second kappa shape index (κ2) is 4.49. The molecule has 15 heavy (non-hydrogen) atoms. The van der Waals surface area contributed by atoms with Crippen LogP contribution in [0.2, 0.25) is 0 Å². The summed E-state index contributed by atoms with van der Waals surface area (Å²) in [4.78, 5) is 1.81. The van der Waals surface area contributed by atoms with Crippen LogP contribution in [0.3, 0.4) is 0 Å². The molecule has 0 aliphatic carbocycles. The smallest absolute Gasteiger partial charge is 0.128 e. The Bertz CT molecular complexity index is 353. The molecule has 0 heterocycles. The van der Waals surface area contributed by atoms with Crippen molar-refractivity contribution in [2.24, 2.45) is 0 Å². The van der Waals surface area contributed by atoms with Crippen molar-refractivity contribution >= 4 is 11.4 Å². The average molecular weight is 212 g/mol. The Labute approximate surface area is 89.3 Å². The molecule has 4 heteroatoms. The van der Waals surface area contributed by atoms with E-state index >= 15 is 0 Å². The van der Waals surface area contributed by atoms with Crippen molar-refractivity contribution in [3.63, 3.8) is 0 Å². The first kappa shape index (κ1) is 11.8. The molecule has 1 rings (SSSR count). The van der Waals surface area contributed by atoms with E-state index in [2.05, 4.69) is 0 Å². The van der Waals surface area contributed by atoms with Crippen LogP contribution in [0.5, 0.6) is 0 Å². The van der Waals surface area contributed by atoms with Crippen LogP contribution < -0.4 is 10.6 Å². The zero-order chi connectivity index (χ0) is 11.6. The van der Waals surface area contributed by atoms with Gasteiger partial charge in [-0.1, -0.05) is 0 Å². The first-order valence-corrected chi connectivity index (χ1v) is 4.86. The second-order valence-electron chi connectivity index (χ2n) is 3.89. The van der Waals surface area contributed by atoms with Crippen LogP contribution in [0.1, 0.15) is 12.5 Å². The van der Waals surface area contributed by atoms with Gasteiger partial charge in [0, 0.05) is 13.6 Å². The van der Waals surface area contributed by atoms with Crippen LogP contribution >= 0.6 is 0 Å². The standard InChI is InChI=1S/C11H17FN2O/c1-7-4-11(10(13)5-9(7)12)14(3)6-8(2)15/h4-5,8,15H,6,13H2,1-3H3. The Morgan fingerprint density at radius 1 is 1.53 bits per heavy atom. The summed E-state index contributed by atoms with van der Waals surface area (Å²) in [6.07, 6.45) is -0.445. The number of hydrogen-bond acceptors (Lipinski definition) is 3. The molecule has 0 aliphatic rings. The summed E-state index contributed by atoms with van der Waals surface area (Å²) >= 11 is 0. The first-order chi connectivity index (χ1) is 6.91. The van der Waals surface area contributed by atoms with Crippen LogP contribution in [0.15, 0.2) is 12.1 Å². The maximum Gasteiger partial charge on any atom is 0.128 e. The van der Waals surface area contributed by atoms with Gasteiger partial charge in [-0.15, -0.1) is 0 Å². The molecular weight excluding hydrogens is 195 g/mol. The van der Waals surface area contributed by atoms with Crippen LogP contribution in [-0.4, -0.2) is 24.8 Å². The molecule has 0 aromatic heterocycles. The zero-order valence-electron chi connectivity index (χ0n) is 9.29. The summed E-state index contributed by atoms with van der Waals surface area (Å²) in [7, 11) is 1.82. The normalized spacial score (nSPS) is 12.6. The number of hydrogen-bond donors (Lipinski definition) is 2. The van der Waals surface area contributed by atoms with Crippen molar-refractivity contribution in [2.75, 3.05) is 24.2 Å². The number of aryl methyl sites for hydroxylation is 1. The highest BCUT2D eigenvalue weighted by atomic mass is 19.1. The molecule has 0 saturated carbocycles. The first-order valence-electron chi connectivity index (χ1n) is 4.86. The molecule has 0 aliphatic heterocycles. The van der Waals surface area contributed by atoms with Gasteiger partial charge in [-0.25, -0.2) is 4.39 Å². The molecule has 0 bridgehead atoms. The summed E-state index contributed by atoms with van der Waals surface area (Å²) in [5.74, 6) is -0.304. The molecule has 0 fully saturated rings. The summed E-state index contributed by atoms with van der Waals surface area (Å²) < 4.78 is 13.1. The van der Waals surface area contributed by atoms with Crippen LogP contribution in [0.4, 0.5) is 15.8 Å². The van der Waals surface area contributed by atoms with E-state index in [0.29, 0.717) is 17.8 Å². The number of aliphatic hydroxyl groups is 1. The Kier molecular flexibility index (Phi) is 3.52. The van der Waals surface area contributed by atoms with E-state index in [1.165, 1.54) is 6.07 Å². The average Bonchev–Trinajstić information content (AvgIpc) is 2.09. The molecule has 1 unspecified atom stereocenters. The van der Waals surface area contributed by atoms with Crippen molar-refractivity contribution in [1.82, 2.24) is 0 Å². The lowest BCUT2D eigenvalue weighted by Crippen LogP contribution is -2.27. The Morgan fingerprint density at radius 2 is 2.13 bits per heavy atom. The van der Waals surface area contributed by atoms with Gasteiger partial charge < -0.3 is 15.7 Å². The predicted octanol–water partition coefficient (Wildman–Crippen LogP) is 1.53. The second-order valence-corrected chi connectivity index (χ2v) is 3.89. The number of halogens is 1. The maximum absolute atomic E-state index is 13.1. The lowest BCUT2D eigenvalue weighted by Gasteiger charge is -2.23. The molecule has 0 spiro atoms.